The highest BCUT2D eigenvalue weighted by atomic mass is 127. The average Bonchev–Trinajstić information content (AvgIpc) is 3.19. The fraction of sp³-hybridized carbons (Fsp3) is 0.241. The van der Waals surface area contributed by atoms with E-state index in [0.717, 1.165) is 20.3 Å². The molecule has 1 aliphatic heterocycles. The number of aliphatic imine (C=N–C) groups is 1. The Bertz CT molecular complexity index is 1290. The Kier molecular flexibility index (Phi) is 7.90. The van der Waals surface area contributed by atoms with Gasteiger partial charge >= 0.3 is 5.97 Å². The van der Waals surface area contributed by atoms with Crippen molar-refractivity contribution in [3.05, 3.63) is 97.7 Å². The molecule has 35 heavy (non-hydrogen) atoms. The molecule has 0 fully saturated rings. The Morgan fingerprint density at radius 2 is 1.83 bits per heavy atom. The van der Waals surface area contributed by atoms with E-state index < -0.39 is 5.97 Å². The van der Waals surface area contributed by atoms with Crippen LogP contribution in [0.25, 0.3) is 6.08 Å². The molecule has 0 unspecified atom stereocenters. The summed E-state index contributed by atoms with van der Waals surface area (Å²) < 4.78 is 18.3. The second kappa shape index (κ2) is 11.1. The van der Waals surface area contributed by atoms with Gasteiger partial charge in [0.2, 0.25) is 5.90 Å². The van der Waals surface area contributed by atoms with Crippen LogP contribution >= 0.6 is 22.6 Å². The highest BCUT2D eigenvalue weighted by Crippen LogP contribution is 2.36. The molecule has 0 saturated heterocycles. The third-order valence-electron chi connectivity index (χ3n) is 5.55. The van der Waals surface area contributed by atoms with Crippen LogP contribution in [0.1, 0.15) is 54.5 Å². The number of carbonyl (C=O) groups is 1. The number of ether oxygens (including phenoxy) is 3. The maximum absolute atomic E-state index is 12.5. The van der Waals surface area contributed by atoms with Crippen LogP contribution in [0.3, 0.4) is 0 Å². The zero-order chi connectivity index (χ0) is 24.9. The van der Waals surface area contributed by atoms with E-state index in [1.165, 1.54) is 11.1 Å². The Hall–Kier alpha value is -3.13. The van der Waals surface area contributed by atoms with Crippen molar-refractivity contribution in [2.75, 3.05) is 6.61 Å². The van der Waals surface area contributed by atoms with Crippen molar-refractivity contribution in [2.45, 2.75) is 40.2 Å². The largest absolute Gasteiger partial charge is 0.490 e. The molecule has 0 amide bonds. The number of carbonyl (C=O) groups excluding carboxylic acids is 1. The van der Waals surface area contributed by atoms with Crippen molar-refractivity contribution in [3.8, 4) is 11.5 Å². The lowest BCUT2D eigenvalue weighted by atomic mass is 10.0. The highest BCUT2D eigenvalue weighted by Gasteiger charge is 2.24. The van der Waals surface area contributed by atoms with Gasteiger partial charge in [-0.1, -0.05) is 55.8 Å². The van der Waals surface area contributed by atoms with Gasteiger partial charge in [-0.15, -0.1) is 0 Å². The van der Waals surface area contributed by atoms with Gasteiger partial charge in [-0.05, 0) is 89.4 Å². The molecular formula is C29H28INO4. The molecule has 1 heterocycles. The van der Waals surface area contributed by atoms with Gasteiger partial charge in [-0.2, -0.15) is 0 Å². The quantitative estimate of drug-likeness (QED) is 0.163. The minimum atomic E-state index is -0.472. The van der Waals surface area contributed by atoms with Crippen molar-refractivity contribution in [3.63, 3.8) is 0 Å². The molecule has 0 radical (unpaired) electrons. The predicted octanol–water partition coefficient (Wildman–Crippen LogP) is 7.05. The van der Waals surface area contributed by atoms with Crippen LogP contribution in [0, 0.1) is 10.5 Å². The molecule has 3 aromatic rings. The first-order chi connectivity index (χ1) is 16.8. The van der Waals surface area contributed by atoms with Crippen molar-refractivity contribution in [1.82, 2.24) is 0 Å². The summed E-state index contributed by atoms with van der Waals surface area (Å²) in [4.78, 5) is 17.0. The van der Waals surface area contributed by atoms with Crippen LogP contribution in [0.2, 0.25) is 0 Å². The first-order valence-electron chi connectivity index (χ1n) is 11.6. The molecule has 0 atom stereocenters. The molecule has 0 aliphatic carbocycles. The van der Waals surface area contributed by atoms with Gasteiger partial charge in [0.25, 0.3) is 0 Å². The van der Waals surface area contributed by atoms with Gasteiger partial charge in [0.05, 0.1) is 10.2 Å². The number of nitrogens with zero attached hydrogens (tertiary/aromatic N) is 1. The summed E-state index contributed by atoms with van der Waals surface area (Å²) in [5.74, 6) is 1.58. The molecule has 4 rings (SSSR count). The summed E-state index contributed by atoms with van der Waals surface area (Å²) in [5, 5.41) is 0. The SMILES string of the molecule is CCOc1cc(/C=C2\N=C(c3ccc(C(C)C)cc3)OC2=O)cc(I)c1OCc1cccc(C)c1. The molecule has 6 heteroatoms. The second-order valence-corrected chi connectivity index (χ2v) is 9.82. The number of hydrogen-bond donors (Lipinski definition) is 0. The van der Waals surface area contributed by atoms with Gasteiger partial charge in [0.1, 0.15) is 6.61 Å². The predicted molar refractivity (Wildman–Crippen MR) is 147 cm³/mol. The van der Waals surface area contributed by atoms with Crippen LogP contribution < -0.4 is 9.47 Å². The summed E-state index contributed by atoms with van der Waals surface area (Å²) in [7, 11) is 0. The van der Waals surface area contributed by atoms with Gasteiger partial charge < -0.3 is 14.2 Å². The van der Waals surface area contributed by atoms with E-state index in [1.54, 1.807) is 6.08 Å². The topological polar surface area (TPSA) is 57.1 Å². The van der Waals surface area contributed by atoms with E-state index in [2.05, 4.69) is 60.5 Å². The van der Waals surface area contributed by atoms with E-state index in [-0.39, 0.29) is 5.70 Å². The van der Waals surface area contributed by atoms with Crippen molar-refractivity contribution in [1.29, 1.82) is 0 Å². The number of esters is 1. The molecule has 0 aromatic heterocycles. The molecule has 180 valence electrons. The number of aryl methyl sites for hydroxylation is 1. The van der Waals surface area contributed by atoms with E-state index in [4.69, 9.17) is 14.2 Å². The van der Waals surface area contributed by atoms with Gasteiger partial charge in [0.15, 0.2) is 17.2 Å². The molecule has 1 aliphatic rings. The zero-order valence-electron chi connectivity index (χ0n) is 20.3. The minimum absolute atomic E-state index is 0.250. The highest BCUT2D eigenvalue weighted by molar-refractivity contribution is 14.1. The Labute approximate surface area is 220 Å². The van der Waals surface area contributed by atoms with Crippen LogP contribution in [0.15, 0.2) is 71.4 Å². The summed E-state index contributed by atoms with van der Waals surface area (Å²) >= 11 is 2.23. The Morgan fingerprint density at radius 1 is 1.06 bits per heavy atom. The van der Waals surface area contributed by atoms with Crippen LogP contribution in [0.5, 0.6) is 11.5 Å². The maximum Gasteiger partial charge on any atom is 0.363 e. The third-order valence-corrected chi connectivity index (χ3v) is 6.35. The molecule has 0 bridgehead atoms. The smallest absolute Gasteiger partial charge is 0.363 e. The van der Waals surface area contributed by atoms with E-state index in [1.807, 2.05) is 55.5 Å². The summed E-state index contributed by atoms with van der Waals surface area (Å²) in [6.45, 7) is 9.20. The lowest BCUT2D eigenvalue weighted by Crippen LogP contribution is -2.05. The van der Waals surface area contributed by atoms with Crippen molar-refractivity contribution >= 4 is 40.5 Å². The lowest BCUT2D eigenvalue weighted by molar-refractivity contribution is -0.129. The zero-order valence-corrected chi connectivity index (χ0v) is 22.5. The van der Waals surface area contributed by atoms with Gasteiger partial charge in [-0.25, -0.2) is 9.79 Å². The Morgan fingerprint density at radius 3 is 2.51 bits per heavy atom. The van der Waals surface area contributed by atoms with Crippen LogP contribution in [-0.2, 0) is 16.1 Å². The number of halogens is 1. The second-order valence-electron chi connectivity index (χ2n) is 8.65. The van der Waals surface area contributed by atoms with E-state index >= 15 is 0 Å². The number of hydrogen-bond acceptors (Lipinski definition) is 5. The first-order valence-corrected chi connectivity index (χ1v) is 12.7. The molecular weight excluding hydrogens is 553 g/mol. The van der Waals surface area contributed by atoms with Crippen LogP contribution in [0.4, 0.5) is 0 Å². The molecule has 0 N–H and O–H groups in total. The number of cyclic esters (lactones) is 1. The van der Waals surface area contributed by atoms with E-state index in [0.29, 0.717) is 36.5 Å². The molecule has 0 saturated carbocycles. The summed E-state index contributed by atoms with van der Waals surface area (Å²) in [5.41, 5.74) is 5.30. The van der Waals surface area contributed by atoms with Gasteiger partial charge in [-0.3, -0.25) is 0 Å². The maximum atomic E-state index is 12.5. The fourth-order valence-electron chi connectivity index (χ4n) is 3.73. The average molecular weight is 581 g/mol. The summed E-state index contributed by atoms with van der Waals surface area (Å²) in [6, 6.07) is 20.0. The molecule has 5 nitrogen and oxygen atoms in total. The van der Waals surface area contributed by atoms with E-state index in [9.17, 15) is 4.79 Å². The first kappa shape index (κ1) is 25.0. The van der Waals surface area contributed by atoms with Gasteiger partial charge in [0, 0.05) is 5.56 Å². The number of rotatable bonds is 8. The molecule has 0 spiro atoms. The Balaban J connectivity index is 1.59. The summed E-state index contributed by atoms with van der Waals surface area (Å²) in [6.07, 6.45) is 1.72. The van der Waals surface area contributed by atoms with Crippen molar-refractivity contribution in [2.24, 2.45) is 4.99 Å². The monoisotopic (exact) mass is 581 g/mol. The third kappa shape index (κ3) is 6.11. The number of benzene rings is 3. The normalized spacial score (nSPS) is 14.3. The molecule has 3 aromatic carbocycles. The van der Waals surface area contributed by atoms with Crippen molar-refractivity contribution < 1.29 is 19.0 Å². The minimum Gasteiger partial charge on any atom is -0.490 e. The standard InChI is InChI=1S/C29H28INO4/c1-5-33-26-16-21(14-24(30)27(26)34-17-20-8-6-7-19(4)13-20)15-25-29(32)35-28(31-25)23-11-9-22(10-12-23)18(2)3/h6-16,18H,5,17H2,1-4H3/b25-15-. The lowest BCUT2D eigenvalue weighted by Gasteiger charge is -2.15. The fourth-order valence-corrected chi connectivity index (χ4v) is 4.51. The van der Waals surface area contributed by atoms with Crippen LogP contribution in [-0.4, -0.2) is 18.5 Å².